The predicted octanol–water partition coefficient (Wildman–Crippen LogP) is 5.42. The Balaban J connectivity index is 1.48. The highest BCUT2D eigenvalue weighted by atomic mass is 32.1. The van der Waals surface area contributed by atoms with E-state index >= 15 is 0 Å². The van der Waals surface area contributed by atoms with Gasteiger partial charge in [0.1, 0.15) is 12.4 Å². The Morgan fingerprint density at radius 3 is 2.44 bits per heavy atom. The van der Waals surface area contributed by atoms with E-state index in [0.717, 1.165) is 34.5 Å². The molecule has 3 amide bonds. The van der Waals surface area contributed by atoms with Crippen molar-refractivity contribution in [3.05, 3.63) is 87.9 Å². The molecule has 1 heterocycles. The van der Waals surface area contributed by atoms with Crippen molar-refractivity contribution in [2.45, 2.75) is 38.9 Å². The molecule has 4 rings (SSSR count). The first-order valence-corrected chi connectivity index (χ1v) is 11.6. The maximum atomic E-state index is 13.3. The van der Waals surface area contributed by atoms with Crippen LogP contribution in [0, 0.1) is 12.7 Å². The number of para-hydroxylation sites is 1. The van der Waals surface area contributed by atoms with Gasteiger partial charge in [0.2, 0.25) is 5.91 Å². The van der Waals surface area contributed by atoms with E-state index in [1.54, 1.807) is 33.3 Å². The van der Waals surface area contributed by atoms with Crippen LogP contribution in [0.15, 0.2) is 66.0 Å². The van der Waals surface area contributed by atoms with Crippen LogP contribution >= 0.6 is 11.3 Å². The van der Waals surface area contributed by atoms with Gasteiger partial charge >= 0.3 is 6.03 Å². The van der Waals surface area contributed by atoms with E-state index in [9.17, 15) is 14.0 Å². The third kappa shape index (κ3) is 5.73. The molecule has 0 saturated heterocycles. The van der Waals surface area contributed by atoms with Crippen molar-refractivity contribution >= 4 is 29.0 Å². The molecule has 1 N–H and O–H groups in total. The van der Waals surface area contributed by atoms with E-state index in [0.29, 0.717) is 13.1 Å². The van der Waals surface area contributed by atoms with E-state index in [2.05, 4.69) is 5.32 Å². The summed E-state index contributed by atoms with van der Waals surface area (Å²) in [6.07, 6.45) is 1.80. The number of hydrogen-bond acceptors (Lipinski definition) is 3. The Kier molecular flexibility index (Phi) is 6.85. The third-order valence-corrected chi connectivity index (χ3v) is 6.37. The van der Waals surface area contributed by atoms with Gasteiger partial charge in [0, 0.05) is 23.2 Å². The lowest BCUT2D eigenvalue weighted by atomic mass is 10.2. The molecule has 0 radical (unpaired) electrons. The van der Waals surface area contributed by atoms with Crippen LogP contribution in [0.3, 0.4) is 0 Å². The molecule has 3 aromatic rings. The number of nitrogens with zero attached hydrogens (tertiary/aromatic N) is 2. The fourth-order valence-corrected chi connectivity index (χ4v) is 4.25. The molecule has 1 saturated carbocycles. The standard InChI is InChI=1S/C25H26FN3O2S/c1-18-5-2-3-7-23(18)27-25(31)29(21-12-13-21)17-24(30)28(16-22-6-4-14-32-22)15-19-8-10-20(26)11-9-19/h2-11,14,21H,12-13,15-17H2,1H3,(H,27,31). The number of aryl methyl sites for hydroxylation is 1. The van der Waals surface area contributed by atoms with Gasteiger partial charge in [-0.3, -0.25) is 4.79 Å². The van der Waals surface area contributed by atoms with Crippen molar-refractivity contribution in [3.8, 4) is 0 Å². The van der Waals surface area contributed by atoms with Crippen LogP contribution in [0.1, 0.15) is 28.8 Å². The fraction of sp³-hybridized carbons (Fsp3) is 0.280. The summed E-state index contributed by atoms with van der Waals surface area (Å²) in [5, 5.41) is 4.93. The third-order valence-electron chi connectivity index (χ3n) is 5.51. The summed E-state index contributed by atoms with van der Waals surface area (Å²) in [6, 6.07) is 17.5. The molecule has 1 aliphatic carbocycles. The van der Waals surface area contributed by atoms with Crippen LogP contribution < -0.4 is 5.32 Å². The number of benzene rings is 2. The first kappa shape index (κ1) is 22.0. The number of halogens is 1. The highest BCUT2D eigenvalue weighted by Crippen LogP contribution is 2.28. The minimum atomic E-state index is -0.308. The lowest BCUT2D eigenvalue weighted by molar-refractivity contribution is -0.133. The van der Waals surface area contributed by atoms with Gasteiger partial charge in [0.25, 0.3) is 0 Å². The van der Waals surface area contributed by atoms with E-state index in [-0.39, 0.29) is 30.3 Å². The molecular formula is C25H26FN3O2S. The normalized spacial score (nSPS) is 12.9. The molecule has 0 aliphatic heterocycles. The van der Waals surface area contributed by atoms with E-state index < -0.39 is 0 Å². The molecule has 0 bridgehead atoms. The molecule has 32 heavy (non-hydrogen) atoms. The second kappa shape index (κ2) is 9.96. The number of nitrogens with one attached hydrogen (secondary N) is 1. The average molecular weight is 452 g/mol. The zero-order valence-electron chi connectivity index (χ0n) is 18.0. The second-order valence-corrected chi connectivity index (χ2v) is 9.09. The number of anilines is 1. The van der Waals surface area contributed by atoms with E-state index in [1.807, 2.05) is 48.7 Å². The smallest absolute Gasteiger partial charge is 0.322 e. The summed E-state index contributed by atoms with van der Waals surface area (Å²) >= 11 is 1.58. The zero-order valence-corrected chi connectivity index (χ0v) is 18.8. The minimum absolute atomic E-state index is 0.00888. The van der Waals surface area contributed by atoms with Gasteiger partial charge in [0.05, 0.1) is 6.54 Å². The molecule has 0 atom stereocenters. The Bertz CT molecular complexity index is 1070. The Morgan fingerprint density at radius 1 is 1.03 bits per heavy atom. The van der Waals surface area contributed by atoms with Crippen molar-refractivity contribution in [1.29, 1.82) is 0 Å². The summed E-state index contributed by atoms with van der Waals surface area (Å²) in [7, 11) is 0. The van der Waals surface area contributed by atoms with Crippen molar-refractivity contribution in [2.24, 2.45) is 0 Å². The van der Waals surface area contributed by atoms with Gasteiger partial charge in [-0.25, -0.2) is 9.18 Å². The topological polar surface area (TPSA) is 52.7 Å². The second-order valence-electron chi connectivity index (χ2n) is 8.06. The first-order valence-electron chi connectivity index (χ1n) is 10.7. The Labute approximate surface area is 191 Å². The van der Waals surface area contributed by atoms with Gasteiger partial charge in [-0.15, -0.1) is 11.3 Å². The number of amides is 3. The van der Waals surface area contributed by atoms with Gasteiger partial charge < -0.3 is 15.1 Å². The van der Waals surface area contributed by atoms with Crippen molar-refractivity contribution in [3.63, 3.8) is 0 Å². The number of carbonyl (C=O) groups is 2. The van der Waals surface area contributed by atoms with Gasteiger partial charge in [-0.1, -0.05) is 36.4 Å². The minimum Gasteiger partial charge on any atom is -0.332 e. The largest absolute Gasteiger partial charge is 0.332 e. The molecule has 7 heteroatoms. The number of rotatable bonds is 8. The highest BCUT2D eigenvalue weighted by Gasteiger charge is 2.35. The van der Waals surface area contributed by atoms with Crippen molar-refractivity contribution in [2.75, 3.05) is 11.9 Å². The van der Waals surface area contributed by atoms with Crippen molar-refractivity contribution < 1.29 is 14.0 Å². The zero-order chi connectivity index (χ0) is 22.5. The van der Waals surface area contributed by atoms with E-state index in [1.165, 1.54) is 12.1 Å². The highest BCUT2D eigenvalue weighted by molar-refractivity contribution is 7.09. The van der Waals surface area contributed by atoms with Crippen LogP contribution in [-0.4, -0.2) is 34.3 Å². The number of hydrogen-bond donors (Lipinski definition) is 1. The first-order chi connectivity index (χ1) is 15.5. The predicted molar refractivity (Wildman–Crippen MR) is 125 cm³/mol. The van der Waals surface area contributed by atoms with Gasteiger partial charge in [0.15, 0.2) is 0 Å². The molecule has 166 valence electrons. The summed E-state index contributed by atoms with van der Waals surface area (Å²) in [4.78, 5) is 30.8. The van der Waals surface area contributed by atoms with Gasteiger partial charge in [-0.05, 0) is 60.5 Å². The maximum Gasteiger partial charge on any atom is 0.322 e. The fourth-order valence-electron chi connectivity index (χ4n) is 3.53. The summed E-state index contributed by atoms with van der Waals surface area (Å²) in [6.45, 7) is 2.75. The molecule has 5 nitrogen and oxygen atoms in total. The SMILES string of the molecule is Cc1ccccc1NC(=O)N(CC(=O)N(Cc1ccc(F)cc1)Cc1cccs1)C1CC1. The van der Waals surface area contributed by atoms with Crippen LogP contribution in [0.4, 0.5) is 14.9 Å². The Morgan fingerprint density at radius 2 is 1.78 bits per heavy atom. The quantitative estimate of drug-likeness (QED) is 0.497. The van der Waals surface area contributed by atoms with Crippen LogP contribution in [0.5, 0.6) is 0 Å². The summed E-state index contributed by atoms with van der Waals surface area (Å²) in [5.41, 5.74) is 2.56. The van der Waals surface area contributed by atoms with Crippen molar-refractivity contribution in [1.82, 2.24) is 9.80 Å². The average Bonchev–Trinajstić information content (AvgIpc) is 3.49. The number of thiophene rings is 1. The van der Waals surface area contributed by atoms with Gasteiger partial charge in [-0.2, -0.15) is 0 Å². The number of urea groups is 1. The molecule has 2 aromatic carbocycles. The Hall–Kier alpha value is -3.19. The lowest BCUT2D eigenvalue weighted by Gasteiger charge is -2.28. The molecular weight excluding hydrogens is 425 g/mol. The van der Waals surface area contributed by atoms with Crippen LogP contribution in [-0.2, 0) is 17.9 Å². The maximum absolute atomic E-state index is 13.3. The van der Waals surface area contributed by atoms with Crippen LogP contribution in [0.25, 0.3) is 0 Å². The summed E-state index contributed by atoms with van der Waals surface area (Å²) in [5.74, 6) is -0.438. The molecule has 1 fully saturated rings. The summed E-state index contributed by atoms with van der Waals surface area (Å²) < 4.78 is 13.3. The molecule has 0 spiro atoms. The van der Waals surface area contributed by atoms with E-state index in [4.69, 9.17) is 0 Å². The molecule has 1 aromatic heterocycles. The monoisotopic (exact) mass is 451 g/mol. The number of carbonyl (C=O) groups excluding carboxylic acids is 2. The lowest BCUT2D eigenvalue weighted by Crippen LogP contribution is -2.45. The molecule has 1 aliphatic rings. The van der Waals surface area contributed by atoms with Crippen LogP contribution in [0.2, 0.25) is 0 Å². The molecule has 0 unspecified atom stereocenters.